The Morgan fingerprint density at radius 1 is 1.10 bits per heavy atom. The van der Waals surface area contributed by atoms with E-state index in [0.717, 1.165) is 10.0 Å². The van der Waals surface area contributed by atoms with Crippen LogP contribution in [0.2, 0.25) is 0 Å². The summed E-state index contributed by atoms with van der Waals surface area (Å²) in [4.78, 5) is 4.15. The Labute approximate surface area is 129 Å². The van der Waals surface area contributed by atoms with Gasteiger partial charge in [0.05, 0.1) is 11.3 Å². The molecule has 0 saturated heterocycles. The summed E-state index contributed by atoms with van der Waals surface area (Å²) >= 11 is 3.33. The van der Waals surface area contributed by atoms with Gasteiger partial charge in [-0.05, 0) is 23.8 Å². The predicted molar refractivity (Wildman–Crippen MR) is 82.9 cm³/mol. The highest BCUT2D eigenvalue weighted by Crippen LogP contribution is 2.36. The number of halogens is 4. The van der Waals surface area contributed by atoms with Gasteiger partial charge in [-0.25, -0.2) is 0 Å². The number of para-hydroxylation sites is 1. The van der Waals surface area contributed by atoms with Gasteiger partial charge in [0.25, 0.3) is 0 Å². The van der Waals surface area contributed by atoms with Crippen LogP contribution in [0.3, 0.4) is 0 Å². The maximum Gasteiger partial charge on any atom is 0.416 e. The van der Waals surface area contributed by atoms with Crippen LogP contribution in [-0.4, -0.2) is 12.4 Å². The Morgan fingerprint density at radius 2 is 1.81 bits per heavy atom. The molecule has 2 rings (SSSR count). The van der Waals surface area contributed by atoms with Crippen molar-refractivity contribution in [1.29, 1.82) is 0 Å². The number of hydrogen-bond donors (Lipinski definition) is 0. The summed E-state index contributed by atoms with van der Waals surface area (Å²) in [6.45, 7) is 3.12. The topological polar surface area (TPSA) is 12.4 Å². The largest absolute Gasteiger partial charge is 0.416 e. The van der Waals surface area contributed by atoms with Crippen molar-refractivity contribution < 1.29 is 13.2 Å². The molecule has 21 heavy (non-hydrogen) atoms. The third-order valence-electron chi connectivity index (χ3n) is 2.77. The summed E-state index contributed by atoms with van der Waals surface area (Å²) in [7, 11) is 0. The number of benzene rings is 2. The Kier molecular flexibility index (Phi) is 4.63. The highest BCUT2D eigenvalue weighted by Gasteiger charge is 2.33. The van der Waals surface area contributed by atoms with Crippen molar-refractivity contribution in [3.05, 3.63) is 70.7 Å². The number of aliphatic imine (C=N–C) groups is 1. The van der Waals surface area contributed by atoms with E-state index < -0.39 is 11.7 Å². The maximum atomic E-state index is 12.8. The predicted octanol–water partition coefficient (Wildman–Crippen LogP) is 5.78. The molecule has 0 spiro atoms. The molecule has 108 valence electrons. The van der Waals surface area contributed by atoms with Crippen molar-refractivity contribution >= 4 is 33.4 Å². The first-order chi connectivity index (χ1) is 9.88. The van der Waals surface area contributed by atoms with Gasteiger partial charge < -0.3 is 0 Å². The Morgan fingerprint density at radius 3 is 2.48 bits per heavy atom. The van der Waals surface area contributed by atoms with Crippen LogP contribution in [0.4, 0.5) is 18.9 Å². The zero-order valence-corrected chi connectivity index (χ0v) is 12.4. The van der Waals surface area contributed by atoms with Crippen molar-refractivity contribution in [3.8, 4) is 0 Å². The van der Waals surface area contributed by atoms with Gasteiger partial charge in [0, 0.05) is 16.3 Å². The third-order valence-corrected chi connectivity index (χ3v) is 3.27. The Bertz CT molecular complexity index is 690. The second-order valence-electron chi connectivity index (χ2n) is 4.31. The molecule has 2 aromatic rings. The molecule has 0 saturated carbocycles. The average Bonchev–Trinajstić information content (AvgIpc) is 2.44. The van der Waals surface area contributed by atoms with E-state index in [4.69, 9.17) is 0 Å². The number of hydrogen-bond acceptors (Lipinski definition) is 1. The molecule has 0 N–H and O–H groups in total. The van der Waals surface area contributed by atoms with Gasteiger partial charge in [-0.2, -0.15) is 13.2 Å². The molecule has 2 aromatic carbocycles. The normalized spacial score (nSPS) is 11.8. The molecule has 0 heterocycles. The lowest BCUT2D eigenvalue weighted by atomic mass is 10.1. The summed E-state index contributed by atoms with van der Waals surface area (Å²) < 4.78 is 39.2. The van der Waals surface area contributed by atoms with E-state index in [1.165, 1.54) is 24.4 Å². The highest BCUT2D eigenvalue weighted by molar-refractivity contribution is 9.10. The maximum absolute atomic E-state index is 12.8. The summed E-state index contributed by atoms with van der Waals surface area (Å²) in [6, 6.07) is 13.4. The van der Waals surface area contributed by atoms with Crippen LogP contribution in [0.25, 0.3) is 5.57 Å². The van der Waals surface area contributed by atoms with Crippen molar-refractivity contribution in [2.24, 2.45) is 4.99 Å². The first kappa shape index (κ1) is 15.5. The molecule has 0 fully saturated rings. The Hall–Kier alpha value is -1.88. The standard InChI is InChI=1S/C16H11BrF3N/c1-11(16(18,19)20)14-7-2-3-8-15(14)21-10-12-5-4-6-13(17)9-12/h2-10H,1H2. The molecular formula is C16H11BrF3N. The van der Waals surface area contributed by atoms with Crippen LogP contribution >= 0.6 is 15.9 Å². The molecule has 0 atom stereocenters. The van der Waals surface area contributed by atoms with Crippen molar-refractivity contribution in [1.82, 2.24) is 0 Å². The van der Waals surface area contributed by atoms with Crippen molar-refractivity contribution in [3.63, 3.8) is 0 Å². The molecule has 0 aliphatic rings. The minimum absolute atomic E-state index is 0.0174. The average molecular weight is 354 g/mol. The van der Waals surface area contributed by atoms with Crippen LogP contribution in [0.5, 0.6) is 0 Å². The van der Waals surface area contributed by atoms with Crippen LogP contribution < -0.4 is 0 Å². The van der Waals surface area contributed by atoms with Crippen molar-refractivity contribution in [2.75, 3.05) is 0 Å². The second-order valence-corrected chi connectivity index (χ2v) is 5.22. The number of rotatable bonds is 3. The fourth-order valence-corrected chi connectivity index (χ4v) is 2.14. The lowest BCUT2D eigenvalue weighted by Crippen LogP contribution is -2.09. The second kappa shape index (κ2) is 6.26. The van der Waals surface area contributed by atoms with Gasteiger partial charge in [0.1, 0.15) is 0 Å². The lowest BCUT2D eigenvalue weighted by Gasteiger charge is -2.12. The van der Waals surface area contributed by atoms with Gasteiger partial charge >= 0.3 is 6.18 Å². The molecule has 0 bridgehead atoms. The van der Waals surface area contributed by atoms with Crippen LogP contribution in [0, 0.1) is 0 Å². The minimum atomic E-state index is -4.47. The molecule has 0 radical (unpaired) electrons. The molecule has 0 unspecified atom stereocenters. The first-order valence-corrected chi connectivity index (χ1v) is 6.82. The van der Waals surface area contributed by atoms with Gasteiger partial charge in [0.15, 0.2) is 0 Å². The van der Waals surface area contributed by atoms with E-state index in [2.05, 4.69) is 27.5 Å². The van der Waals surface area contributed by atoms with E-state index >= 15 is 0 Å². The number of allylic oxidation sites excluding steroid dienone is 1. The molecule has 0 aliphatic carbocycles. The van der Waals surface area contributed by atoms with Crippen LogP contribution in [0.15, 0.2) is 64.6 Å². The minimum Gasteiger partial charge on any atom is -0.256 e. The fourth-order valence-electron chi connectivity index (χ4n) is 1.73. The lowest BCUT2D eigenvalue weighted by molar-refractivity contribution is -0.0686. The van der Waals surface area contributed by atoms with Crippen LogP contribution in [-0.2, 0) is 0 Å². The third kappa shape index (κ3) is 4.04. The van der Waals surface area contributed by atoms with E-state index in [-0.39, 0.29) is 11.3 Å². The van der Waals surface area contributed by atoms with Gasteiger partial charge in [-0.3, -0.25) is 4.99 Å². The number of alkyl halides is 3. The van der Waals surface area contributed by atoms with Crippen molar-refractivity contribution in [2.45, 2.75) is 6.18 Å². The van der Waals surface area contributed by atoms with E-state index in [9.17, 15) is 13.2 Å². The molecule has 0 amide bonds. The summed E-state index contributed by atoms with van der Waals surface area (Å²) in [5.74, 6) is 0. The van der Waals surface area contributed by atoms with Gasteiger partial charge in [0.2, 0.25) is 0 Å². The fraction of sp³-hybridized carbons (Fsp3) is 0.0625. The van der Waals surface area contributed by atoms with E-state index in [1.54, 1.807) is 6.07 Å². The smallest absolute Gasteiger partial charge is 0.256 e. The monoisotopic (exact) mass is 353 g/mol. The van der Waals surface area contributed by atoms with Gasteiger partial charge in [-0.15, -0.1) is 0 Å². The Balaban J connectivity index is 2.35. The number of nitrogens with zero attached hydrogens (tertiary/aromatic N) is 1. The molecular weight excluding hydrogens is 343 g/mol. The molecule has 1 nitrogen and oxygen atoms in total. The SMILES string of the molecule is C=C(c1ccccc1N=Cc1cccc(Br)c1)C(F)(F)F. The van der Waals surface area contributed by atoms with E-state index in [0.29, 0.717) is 0 Å². The molecule has 0 aromatic heterocycles. The van der Waals surface area contributed by atoms with Gasteiger partial charge in [-0.1, -0.05) is 52.8 Å². The zero-order valence-electron chi connectivity index (χ0n) is 10.9. The highest BCUT2D eigenvalue weighted by atomic mass is 79.9. The summed E-state index contributed by atoms with van der Waals surface area (Å²) in [5.41, 5.74) is 0.109. The summed E-state index contributed by atoms with van der Waals surface area (Å²) in [5, 5.41) is 0. The summed E-state index contributed by atoms with van der Waals surface area (Å²) in [6.07, 6.45) is -2.95. The zero-order chi connectivity index (χ0) is 15.5. The molecule has 0 aliphatic heterocycles. The molecule has 5 heteroatoms. The quantitative estimate of drug-likeness (QED) is 0.620. The first-order valence-electron chi connectivity index (χ1n) is 6.03. The van der Waals surface area contributed by atoms with E-state index in [1.807, 2.05) is 24.3 Å². The van der Waals surface area contributed by atoms with Crippen LogP contribution in [0.1, 0.15) is 11.1 Å².